The van der Waals surface area contributed by atoms with Gasteiger partial charge >= 0.3 is 0 Å². The predicted octanol–water partition coefficient (Wildman–Crippen LogP) is 2.94. The smallest absolute Gasteiger partial charge is 0.234 e. The summed E-state index contributed by atoms with van der Waals surface area (Å²) in [6, 6.07) is 14.1. The fourth-order valence-electron chi connectivity index (χ4n) is 2.59. The van der Waals surface area contributed by atoms with Gasteiger partial charge in [-0.1, -0.05) is 35.9 Å². The molecule has 0 unspecified atom stereocenters. The maximum atomic E-state index is 12.0. The van der Waals surface area contributed by atoms with Gasteiger partial charge in [-0.15, -0.1) is 11.8 Å². The van der Waals surface area contributed by atoms with Gasteiger partial charge in [-0.05, 0) is 36.6 Å². The summed E-state index contributed by atoms with van der Waals surface area (Å²) < 4.78 is 0. The molecule has 24 heavy (non-hydrogen) atoms. The van der Waals surface area contributed by atoms with E-state index in [2.05, 4.69) is 16.7 Å². The minimum atomic E-state index is 0.0284. The first-order chi connectivity index (χ1) is 11.6. The molecule has 0 radical (unpaired) electrons. The lowest BCUT2D eigenvalue weighted by Gasteiger charge is -2.17. The van der Waals surface area contributed by atoms with Crippen molar-refractivity contribution < 1.29 is 9.59 Å². The van der Waals surface area contributed by atoms with E-state index in [4.69, 9.17) is 0 Å². The number of carbonyl (C=O) groups excluding carboxylic acids is 2. The number of anilines is 1. The van der Waals surface area contributed by atoms with Crippen LogP contribution in [0, 0.1) is 6.92 Å². The highest BCUT2D eigenvalue weighted by Gasteiger charge is 2.15. The number of benzene rings is 2. The first-order valence-electron chi connectivity index (χ1n) is 7.98. The molecule has 4 nitrogen and oxygen atoms in total. The molecule has 124 valence electrons. The van der Waals surface area contributed by atoms with E-state index in [-0.39, 0.29) is 11.8 Å². The molecular formula is C19H20N2O2S. The Morgan fingerprint density at radius 2 is 1.92 bits per heavy atom. The zero-order chi connectivity index (χ0) is 16.9. The van der Waals surface area contributed by atoms with E-state index in [1.165, 1.54) is 5.56 Å². The molecule has 5 heteroatoms. The minimum Gasteiger partial charge on any atom is -0.355 e. The van der Waals surface area contributed by atoms with E-state index < -0.39 is 0 Å². The molecule has 1 aliphatic rings. The van der Waals surface area contributed by atoms with Crippen molar-refractivity contribution in [3.05, 3.63) is 59.2 Å². The number of rotatable bonds is 5. The van der Waals surface area contributed by atoms with Crippen LogP contribution in [0.1, 0.15) is 16.7 Å². The number of fused-ring (bicyclic) bond motifs is 1. The Labute approximate surface area is 146 Å². The van der Waals surface area contributed by atoms with Gasteiger partial charge in [0.1, 0.15) is 0 Å². The quantitative estimate of drug-likeness (QED) is 0.880. The second kappa shape index (κ2) is 7.53. The van der Waals surface area contributed by atoms with Gasteiger partial charge in [0, 0.05) is 11.4 Å². The summed E-state index contributed by atoms with van der Waals surface area (Å²) in [4.78, 5) is 24.5. The Kier molecular flexibility index (Phi) is 5.20. The number of aryl methyl sites for hydroxylation is 1. The molecule has 0 saturated carbocycles. The molecule has 1 aliphatic heterocycles. The Morgan fingerprint density at radius 1 is 1.17 bits per heavy atom. The third-order valence-electron chi connectivity index (χ3n) is 3.90. The Bertz CT molecular complexity index is 756. The number of amides is 2. The van der Waals surface area contributed by atoms with Gasteiger partial charge in [0.25, 0.3) is 0 Å². The highest BCUT2D eigenvalue weighted by Crippen LogP contribution is 2.31. The van der Waals surface area contributed by atoms with Gasteiger partial charge in [-0.2, -0.15) is 0 Å². The van der Waals surface area contributed by atoms with Gasteiger partial charge in [0.15, 0.2) is 0 Å². The van der Waals surface area contributed by atoms with Crippen molar-refractivity contribution in [2.75, 3.05) is 17.6 Å². The van der Waals surface area contributed by atoms with Crippen molar-refractivity contribution in [3.63, 3.8) is 0 Å². The second-order valence-corrected chi connectivity index (χ2v) is 6.95. The van der Waals surface area contributed by atoms with Gasteiger partial charge in [-0.25, -0.2) is 0 Å². The summed E-state index contributed by atoms with van der Waals surface area (Å²) in [5, 5.41) is 5.84. The molecule has 2 amide bonds. The number of hydrogen-bond donors (Lipinski definition) is 2. The molecule has 0 fully saturated rings. The van der Waals surface area contributed by atoms with Crippen LogP contribution in [-0.4, -0.2) is 24.1 Å². The number of thioether (sulfide) groups is 1. The molecule has 0 aliphatic carbocycles. The molecule has 1 heterocycles. The van der Waals surface area contributed by atoms with Crippen LogP contribution in [0.15, 0.2) is 47.4 Å². The van der Waals surface area contributed by atoms with Crippen LogP contribution in [0.4, 0.5) is 5.69 Å². The van der Waals surface area contributed by atoms with Crippen molar-refractivity contribution in [1.82, 2.24) is 5.32 Å². The van der Waals surface area contributed by atoms with Gasteiger partial charge < -0.3 is 10.6 Å². The summed E-state index contributed by atoms with van der Waals surface area (Å²) in [6.45, 7) is 2.62. The van der Waals surface area contributed by atoms with E-state index in [9.17, 15) is 9.59 Å². The van der Waals surface area contributed by atoms with Crippen molar-refractivity contribution in [2.45, 2.75) is 24.7 Å². The van der Waals surface area contributed by atoms with Gasteiger partial charge in [0.2, 0.25) is 11.8 Å². The van der Waals surface area contributed by atoms with Crippen molar-refractivity contribution in [2.24, 2.45) is 0 Å². The van der Waals surface area contributed by atoms with Crippen molar-refractivity contribution in [1.29, 1.82) is 0 Å². The Balaban J connectivity index is 1.49. The van der Waals surface area contributed by atoms with Crippen LogP contribution in [-0.2, 0) is 22.4 Å². The third kappa shape index (κ3) is 4.38. The average Bonchev–Trinajstić information content (AvgIpc) is 2.56. The molecular weight excluding hydrogens is 320 g/mol. The third-order valence-corrected chi connectivity index (χ3v) is 4.97. The largest absolute Gasteiger partial charge is 0.355 e. The lowest BCUT2D eigenvalue weighted by Crippen LogP contribution is -2.27. The molecule has 0 atom stereocenters. The van der Waals surface area contributed by atoms with Gasteiger partial charge in [-0.3, -0.25) is 9.59 Å². The fraction of sp³-hybridized carbons (Fsp3) is 0.263. The lowest BCUT2D eigenvalue weighted by atomic mass is 10.1. The summed E-state index contributed by atoms with van der Waals surface area (Å²) in [7, 11) is 0. The summed E-state index contributed by atoms with van der Waals surface area (Å²) in [5.74, 6) is 0.540. The highest BCUT2D eigenvalue weighted by atomic mass is 32.2. The summed E-state index contributed by atoms with van der Waals surface area (Å²) >= 11 is 1.55. The van der Waals surface area contributed by atoms with E-state index in [1.807, 2.05) is 43.3 Å². The highest BCUT2D eigenvalue weighted by molar-refractivity contribution is 8.00. The minimum absolute atomic E-state index is 0.0284. The Hall–Kier alpha value is -2.27. The topological polar surface area (TPSA) is 58.2 Å². The van der Waals surface area contributed by atoms with Crippen molar-refractivity contribution in [3.8, 4) is 0 Å². The fourth-order valence-corrected chi connectivity index (χ4v) is 3.37. The monoisotopic (exact) mass is 340 g/mol. The first-order valence-corrected chi connectivity index (χ1v) is 8.96. The van der Waals surface area contributed by atoms with Crippen LogP contribution < -0.4 is 10.6 Å². The summed E-state index contributed by atoms with van der Waals surface area (Å²) in [5.41, 5.74) is 4.19. The van der Waals surface area contributed by atoms with E-state index >= 15 is 0 Å². The zero-order valence-electron chi connectivity index (χ0n) is 13.6. The maximum absolute atomic E-state index is 12.0. The van der Waals surface area contributed by atoms with Crippen LogP contribution in [0.3, 0.4) is 0 Å². The first kappa shape index (κ1) is 16.6. The van der Waals surface area contributed by atoms with Gasteiger partial charge in [0.05, 0.1) is 17.9 Å². The molecule has 3 rings (SSSR count). The molecule has 0 saturated heterocycles. The van der Waals surface area contributed by atoms with E-state index in [0.29, 0.717) is 18.7 Å². The molecule has 0 aromatic heterocycles. The number of nitrogens with one attached hydrogen (secondary N) is 2. The maximum Gasteiger partial charge on any atom is 0.234 e. The molecule has 2 aromatic carbocycles. The van der Waals surface area contributed by atoms with Crippen LogP contribution in [0.5, 0.6) is 0 Å². The normalized spacial score (nSPS) is 13.1. The standard InChI is InChI=1S/C19H20N2O2S/c1-13-2-4-14(5-3-13)11-18(22)20-9-8-15-6-7-17-16(10-15)21-19(23)12-24-17/h2-7,10H,8-9,11-12H2,1H3,(H,20,22)(H,21,23). The zero-order valence-corrected chi connectivity index (χ0v) is 14.4. The molecule has 2 aromatic rings. The molecule has 0 bridgehead atoms. The van der Waals surface area contributed by atoms with E-state index in [1.54, 1.807) is 11.8 Å². The van der Waals surface area contributed by atoms with E-state index in [0.717, 1.165) is 28.1 Å². The van der Waals surface area contributed by atoms with Crippen LogP contribution >= 0.6 is 11.8 Å². The predicted molar refractivity (Wildman–Crippen MR) is 97.4 cm³/mol. The summed E-state index contributed by atoms with van der Waals surface area (Å²) in [6.07, 6.45) is 1.14. The molecule has 0 spiro atoms. The second-order valence-electron chi connectivity index (χ2n) is 5.93. The number of carbonyl (C=O) groups is 2. The average molecular weight is 340 g/mol. The Morgan fingerprint density at radius 3 is 2.71 bits per heavy atom. The van der Waals surface area contributed by atoms with Crippen LogP contribution in [0.25, 0.3) is 0 Å². The van der Waals surface area contributed by atoms with Crippen molar-refractivity contribution >= 4 is 29.3 Å². The van der Waals surface area contributed by atoms with Crippen LogP contribution in [0.2, 0.25) is 0 Å². The molecule has 2 N–H and O–H groups in total. The number of hydrogen-bond acceptors (Lipinski definition) is 3. The lowest BCUT2D eigenvalue weighted by molar-refractivity contribution is -0.120. The SMILES string of the molecule is Cc1ccc(CC(=O)NCCc2ccc3c(c2)NC(=O)CS3)cc1.